The Morgan fingerprint density at radius 2 is 1.87 bits per heavy atom. The molecule has 0 saturated heterocycles. The summed E-state index contributed by atoms with van der Waals surface area (Å²) in [5.74, 6) is -4.69. The molecule has 2 aromatic carbocycles. The predicted octanol–water partition coefficient (Wildman–Crippen LogP) is 4.26. The standard InChI is InChI=1S/C21H22F3IN2O4/c1-11(2)17(29)6-3-12-9-14(21(30)27-31-8-7-28)20(19(24)18(12)23)26-16-5-4-13(25)10-15(16)22/h4-5,9-11,26,28H,3,6-8H2,1-2H3,(H,27,30). The highest BCUT2D eigenvalue weighted by Crippen LogP contribution is 2.31. The molecular weight excluding hydrogens is 528 g/mol. The summed E-state index contributed by atoms with van der Waals surface area (Å²) in [5.41, 5.74) is 0.755. The van der Waals surface area contributed by atoms with E-state index < -0.39 is 29.0 Å². The molecule has 0 spiro atoms. The number of rotatable bonds is 10. The minimum absolute atomic E-state index is 0.0331. The average molecular weight is 550 g/mol. The first-order chi connectivity index (χ1) is 14.6. The molecule has 2 rings (SSSR count). The molecule has 6 nitrogen and oxygen atoms in total. The third kappa shape index (κ3) is 6.65. The van der Waals surface area contributed by atoms with Crippen molar-refractivity contribution >= 4 is 45.7 Å². The lowest BCUT2D eigenvalue weighted by molar-refractivity contribution is -0.121. The summed E-state index contributed by atoms with van der Waals surface area (Å²) in [6.07, 6.45) is -0.148. The minimum Gasteiger partial charge on any atom is -0.394 e. The van der Waals surface area contributed by atoms with Gasteiger partial charge < -0.3 is 10.4 Å². The minimum atomic E-state index is -1.39. The number of Topliss-reactive ketones (excluding diaryl/α,β-unsaturated/α-hetero) is 1. The number of carbonyl (C=O) groups excluding carboxylic acids is 2. The van der Waals surface area contributed by atoms with Crippen LogP contribution in [-0.2, 0) is 16.1 Å². The van der Waals surface area contributed by atoms with Gasteiger partial charge in [0.1, 0.15) is 11.6 Å². The number of hydrogen-bond donors (Lipinski definition) is 3. The predicted molar refractivity (Wildman–Crippen MR) is 117 cm³/mol. The lowest BCUT2D eigenvalue weighted by atomic mass is 9.98. The van der Waals surface area contributed by atoms with Crippen molar-refractivity contribution in [3.8, 4) is 0 Å². The molecule has 0 radical (unpaired) electrons. The van der Waals surface area contributed by atoms with Crippen LogP contribution in [0.1, 0.15) is 36.2 Å². The third-order valence-corrected chi connectivity index (χ3v) is 5.03. The number of amides is 1. The molecule has 1 amide bonds. The summed E-state index contributed by atoms with van der Waals surface area (Å²) < 4.78 is 44.5. The van der Waals surface area contributed by atoms with E-state index in [0.29, 0.717) is 3.57 Å². The molecule has 0 bridgehead atoms. The highest BCUT2D eigenvalue weighted by molar-refractivity contribution is 14.1. The number of nitrogens with one attached hydrogen (secondary N) is 2. The van der Waals surface area contributed by atoms with Gasteiger partial charge in [-0.3, -0.25) is 14.4 Å². The van der Waals surface area contributed by atoms with E-state index in [2.05, 4.69) is 5.32 Å². The molecule has 0 saturated carbocycles. The number of benzene rings is 2. The second kappa shape index (κ2) is 11.4. The van der Waals surface area contributed by atoms with Crippen LogP contribution in [0.2, 0.25) is 0 Å². The normalized spacial score (nSPS) is 11.0. The summed E-state index contributed by atoms with van der Waals surface area (Å²) in [4.78, 5) is 29.2. The number of aryl methyl sites for hydroxylation is 1. The van der Waals surface area contributed by atoms with E-state index in [1.807, 2.05) is 28.1 Å². The number of anilines is 2. The van der Waals surface area contributed by atoms with Gasteiger partial charge in [-0.15, -0.1) is 0 Å². The molecular formula is C21H22F3IN2O4. The molecule has 10 heteroatoms. The van der Waals surface area contributed by atoms with Crippen molar-refractivity contribution in [2.45, 2.75) is 26.7 Å². The maximum atomic E-state index is 14.9. The first-order valence-corrected chi connectivity index (χ1v) is 10.5. The average Bonchev–Trinajstić information content (AvgIpc) is 2.72. The van der Waals surface area contributed by atoms with Crippen molar-refractivity contribution < 1.29 is 32.7 Å². The molecule has 0 atom stereocenters. The van der Waals surface area contributed by atoms with Crippen LogP contribution in [-0.4, -0.2) is 30.0 Å². The van der Waals surface area contributed by atoms with E-state index in [-0.39, 0.29) is 54.6 Å². The summed E-state index contributed by atoms with van der Waals surface area (Å²) >= 11 is 1.89. The van der Waals surface area contributed by atoms with Crippen molar-refractivity contribution in [2.24, 2.45) is 5.92 Å². The van der Waals surface area contributed by atoms with E-state index in [4.69, 9.17) is 9.94 Å². The Hall–Kier alpha value is -2.18. The van der Waals surface area contributed by atoms with Crippen LogP contribution < -0.4 is 10.8 Å². The second-order valence-corrected chi connectivity index (χ2v) is 8.21. The zero-order valence-electron chi connectivity index (χ0n) is 16.9. The SMILES string of the molecule is CC(C)C(=O)CCc1cc(C(=O)NOCCO)c(Nc2ccc(I)cc2F)c(F)c1F. The lowest BCUT2D eigenvalue weighted by Gasteiger charge is -2.17. The van der Waals surface area contributed by atoms with E-state index in [0.717, 1.165) is 6.07 Å². The molecule has 3 N–H and O–H groups in total. The van der Waals surface area contributed by atoms with Gasteiger partial charge in [-0.2, -0.15) is 0 Å². The zero-order chi connectivity index (χ0) is 23.1. The van der Waals surface area contributed by atoms with Crippen LogP contribution in [0.15, 0.2) is 24.3 Å². The van der Waals surface area contributed by atoms with E-state index in [9.17, 15) is 22.8 Å². The summed E-state index contributed by atoms with van der Waals surface area (Å²) in [7, 11) is 0. The Balaban J connectivity index is 2.46. The summed E-state index contributed by atoms with van der Waals surface area (Å²) in [6, 6.07) is 5.16. The van der Waals surface area contributed by atoms with Gasteiger partial charge in [0.15, 0.2) is 11.6 Å². The van der Waals surface area contributed by atoms with E-state index in [1.165, 1.54) is 12.1 Å². The van der Waals surface area contributed by atoms with Gasteiger partial charge in [0.05, 0.1) is 30.2 Å². The van der Waals surface area contributed by atoms with Crippen molar-refractivity contribution in [1.82, 2.24) is 5.48 Å². The summed E-state index contributed by atoms with van der Waals surface area (Å²) in [5, 5.41) is 11.2. The Bertz CT molecular complexity index is 970. The molecule has 168 valence electrons. The largest absolute Gasteiger partial charge is 0.394 e. The quantitative estimate of drug-likeness (QED) is 0.234. The smallest absolute Gasteiger partial charge is 0.277 e. The number of hydrogen-bond acceptors (Lipinski definition) is 5. The fourth-order valence-electron chi connectivity index (χ4n) is 2.65. The summed E-state index contributed by atoms with van der Waals surface area (Å²) in [6.45, 7) is 2.79. The van der Waals surface area contributed by atoms with E-state index >= 15 is 0 Å². The Labute approximate surface area is 191 Å². The Kier molecular flexibility index (Phi) is 9.26. The molecule has 0 aromatic heterocycles. The number of aliphatic hydroxyl groups excluding tert-OH is 1. The van der Waals surface area contributed by atoms with Gasteiger partial charge in [-0.05, 0) is 58.8 Å². The lowest BCUT2D eigenvalue weighted by Crippen LogP contribution is -2.26. The third-order valence-electron chi connectivity index (χ3n) is 4.36. The first-order valence-electron chi connectivity index (χ1n) is 9.44. The number of halogens is 4. The molecule has 0 aliphatic rings. The second-order valence-electron chi connectivity index (χ2n) is 6.96. The van der Waals surface area contributed by atoms with E-state index in [1.54, 1.807) is 19.9 Å². The molecule has 0 heterocycles. The highest BCUT2D eigenvalue weighted by atomic mass is 127. The number of ketones is 1. The van der Waals surface area contributed by atoms with Crippen LogP contribution >= 0.6 is 22.6 Å². The molecule has 0 aliphatic carbocycles. The molecule has 2 aromatic rings. The van der Waals surface area contributed by atoms with Gasteiger partial charge in [0, 0.05) is 15.9 Å². The molecule has 0 unspecified atom stereocenters. The van der Waals surface area contributed by atoms with Crippen molar-refractivity contribution in [1.29, 1.82) is 0 Å². The van der Waals surface area contributed by atoms with Crippen LogP contribution in [0.4, 0.5) is 24.5 Å². The fraction of sp³-hybridized carbons (Fsp3) is 0.333. The van der Waals surface area contributed by atoms with Gasteiger partial charge in [-0.1, -0.05) is 13.8 Å². The Morgan fingerprint density at radius 1 is 1.16 bits per heavy atom. The number of hydroxylamine groups is 1. The van der Waals surface area contributed by atoms with Crippen molar-refractivity contribution in [3.63, 3.8) is 0 Å². The van der Waals surface area contributed by atoms with Crippen LogP contribution in [0, 0.1) is 26.9 Å². The molecule has 0 aliphatic heterocycles. The van der Waals surface area contributed by atoms with Gasteiger partial charge in [0.25, 0.3) is 5.91 Å². The maximum Gasteiger partial charge on any atom is 0.277 e. The van der Waals surface area contributed by atoms with Crippen LogP contribution in [0.5, 0.6) is 0 Å². The topological polar surface area (TPSA) is 87.7 Å². The highest BCUT2D eigenvalue weighted by Gasteiger charge is 2.24. The number of carbonyl (C=O) groups is 2. The Morgan fingerprint density at radius 3 is 2.48 bits per heavy atom. The molecule has 0 fully saturated rings. The van der Waals surface area contributed by atoms with Gasteiger partial charge >= 0.3 is 0 Å². The monoisotopic (exact) mass is 550 g/mol. The van der Waals surface area contributed by atoms with Crippen LogP contribution in [0.3, 0.4) is 0 Å². The fourth-order valence-corrected chi connectivity index (χ4v) is 3.10. The van der Waals surface area contributed by atoms with Gasteiger partial charge in [0.2, 0.25) is 0 Å². The molecule has 31 heavy (non-hydrogen) atoms. The van der Waals surface area contributed by atoms with Gasteiger partial charge in [-0.25, -0.2) is 18.7 Å². The van der Waals surface area contributed by atoms with Crippen molar-refractivity contribution in [2.75, 3.05) is 18.5 Å². The zero-order valence-corrected chi connectivity index (χ0v) is 19.1. The number of aliphatic hydroxyl groups is 1. The first kappa shape index (κ1) is 25.1. The van der Waals surface area contributed by atoms with Crippen molar-refractivity contribution in [3.05, 3.63) is 56.4 Å². The maximum absolute atomic E-state index is 14.9. The van der Waals surface area contributed by atoms with Crippen LogP contribution in [0.25, 0.3) is 0 Å².